The minimum absolute atomic E-state index is 0.213. The third-order valence-electron chi connectivity index (χ3n) is 9.96. The van der Waals surface area contributed by atoms with E-state index in [9.17, 15) is 9.59 Å². The average molecular weight is 639 g/mol. The zero-order valence-corrected chi connectivity index (χ0v) is 29.2. The highest BCUT2D eigenvalue weighted by Gasteiger charge is 2.52. The molecule has 0 radical (unpaired) electrons. The van der Waals surface area contributed by atoms with Crippen LogP contribution in [0.15, 0.2) is 60.7 Å². The fourth-order valence-corrected chi connectivity index (χ4v) is 7.55. The van der Waals surface area contributed by atoms with E-state index < -0.39 is 24.5 Å². The summed E-state index contributed by atoms with van der Waals surface area (Å²) in [7, 11) is 0. The average Bonchev–Trinajstić information content (AvgIpc) is 3.58. The monoisotopic (exact) mass is 638 g/mol. The topological polar surface area (TPSA) is 71.1 Å². The largest absolute Gasteiger partial charge is 0.510 e. The lowest BCUT2D eigenvalue weighted by molar-refractivity contribution is -0.967. The molecule has 0 aliphatic carbocycles. The Kier molecular flexibility index (Phi) is 16.1. The highest BCUT2D eigenvalue weighted by atomic mass is 16.8. The SMILES string of the molecule is CC.CCCCCCCCCOC(=O)OCOC(C(=O)OC1CC(C)[N+]2(CCCC2)C(CC)C1)(c1ccccc1)c1ccccc1. The standard InChI is InChI=1S/C37H54NO6.C2H6/c1-4-6-7-8-9-10-19-26-41-36(40)42-29-43-37(31-20-13-11-14-21-31,32-22-15-12-16-23-32)35(39)44-34-27-30(3)38(24-17-18-25-38)33(5-2)28-34;1-2/h11-16,20-23,30,33-34H,4-10,17-19,24-29H2,1-3H3;1-2H3/q+1;. The van der Waals surface area contributed by atoms with Gasteiger partial charge in [-0.2, -0.15) is 0 Å². The van der Waals surface area contributed by atoms with Crippen molar-refractivity contribution in [1.29, 1.82) is 0 Å². The molecule has 2 aromatic carbocycles. The molecule has 0 bridgehead atoms. The number of hydrogen-bond donors (Lipinski definition) is 0. The molecule has 2 aromatic rings. The van der Waals surface area contributed by atoms with Crippen molar-refractivity contribution in [2.75, 3.05) is 26.5 Å². The molecule has 256 valence electrons. The predicted octanol–water partition coefficient (Wildman–Crippen LogP) is 9.32. The lowest BCUT2D eigenvalue weighted by Crippen LogP contribution is -2.63. The number of ether oxygens (including phenoxy) is 4. The van der Waals surface area contributed by atoms with Crippen LogP contribution < -0.4 is 0 Å². The molecule has 46 heavy (non-hydrogen) atoms. The Morgan fingerprint density at radius 1 is 0.783 bits per heavy atom. The van der Waals surface area contributed by atoms with Crippen molar-refractivity contribution in [3.63, 3.8) is 0 Å². The third-order valence-corrected chi connectivity index (χ3v) is 9.96. The van der Waals surface area contributed by atoms with E-state index in [4.69, 9.17) is 18.9 Å². The molecule has 2 aliphatic rings. The Morgan fingerprint density at radius 2 is 1.35 bits per heavy atom. The quantitative estimate of drug-likeness (QED) is 0.0790. The molecule has 0 N–H and O–H groups in total. The first-order valence-corrected chi connectivity index (χ1v) is 18.1. The summed E-state index contributed by atoms with van der Waals surface area (Å²) < 4.78 is 24.6. The van der Waals surface area contributed by atoms with Crippen LogP contribution in [0.3, 0.4) is 0 Å². The van der Waals surface area contributed by atoms with Gasteiger partial charge < -0.3 is 23.4 Å². The van der Waals surface area contributed by atoms with Crippen LogP contribution in [0.5, 0.6) is 0 Å². The first-order valence-electron chi connectivity index (χ1n) is 18.1. The van der Waals surface area contributed by atoms with E-state index in [0.29, 0.717) is 29.8 Å². The molecule has 0 amide bonds. The van der Waals surface area contributed by atoms with Crippen molar-refractivity contribution in [2.45, 2.75) is 135 Å². The maximum Gasteiger partial charge on any atom is 0.510 e. The summed E-state index contributed by atoms with van der Waals surface area (Å²) in [6.45, 7) is 13.1. The Hall–Kier alpha value is -2.90. The van der Waals surface area contributed by atoms with Crippen molar-refractivity contribution in [3.8, 4) is 0 Å². The molecule has 7 heteroatoms. The summed E-state index contributed by atoms with van der Waals surface area (Å²) in [4.78, 5) is 26.9. The minimum Gasteiger partial charge on any atom is -0.459 e. The number of piperidine rings is 1. The van der Waals surface area contributed by atoms with E-state index >= 15 is 0 Å². The number of carbonyl (C=O) groups excluding carboxylic acids is 2. The molecule has 2 aliphatic heterocycles. The number of carbonyl (C=O) groups is 2. The van der Waals surface area contributed by atoms with Gasteiger partial charge >= 0.3 is 12.1 Å². The molecule has 7 nitrogen and oxygen atoms in total. The van der Waals surface area contributed by atoms with Crippen LogP contribution in [0.25, 0.3) is 0 Å². The van der Waals surface area contributed by atoms with Gasteiger partial charge in [-0.3, -0.25) is 0 Å². The van der Waals surface area contributed by atoms with Crippen molar-refractivity contribution >= 4 is 12.1 Å². The Balaban J connectivity index is 0.00000282. The van der Waals surface area contributed by atoms with Gasteiger partial charge in [0.2, 0.25) is 5.60 Å². The molecular weight excluding hydrogens is 578 g/mol. The lowest BCUT2D eigenvalue weighted by Gasteiger charge is -2.51. The van der Waals surface area contributed by atoms with E-state index in [0.717, 1.165) is 43.0 Å². The lowest BCUT2D eigenvalue weighted by atomic mass is 9.85. The molecule has 4 rings (SSSR count). The second-order valence-electron chi connectivity index (χ2n) is 12.7. The molecule has 3 unspecified atom stereocenters. The van der Waals surface area contributed by atoms with Gasteiger partial charge in [-0.25, -0.2) is 9.59 Å². The molecular formula is C39H60NO6+. The molecule has 0 aromatic heterocycles. The summed E-state index contributed by atoms with van der Waals surface area (Å²) in [6, 6.07) is 19.6. The summed E-state index contributed by atoms with van der Waals surface area (Å²) >= 11 is 0. The number of nitrogens with zero attached hydrogens (tertiary/aromatic N) is 1. The number of rotatable bonds is 16. The van der Waals surface area contributed by atoms with Gasteiger partial charge in [-0.05, 0) is 30.9 Å². The summed E-state index contributed by atoms with van der Waals surface area (Å²) in [5, 5.41) is 0. The van der Waals surface area contributed by atoms with E-state index in [1.54, 1.807) is 0 Å². The maximum atomic E-state index is 14.4. The fraction of sp³-hybridized carbons (Fsp3) is 0.641. The minimum atomic E-state index is -1.61. The summed E-state index contributed by atoms with van der Waals surface area (Å²) in [6.07, 6.45) is 12.2. The van der Waals surface area contributed by atoms with Gasteiger partial charge in [-0.15, -0.1) is 0 Å². The highest BCUT2D eigenvalue weighted by molar-refractivity contribution is 5.86. The van der Waals surface area contributed by atoms with E-state index in [1.807, 2.05) is 74.5 Å². The number of quaternary nitrogens is 1. The first-order chi connectivity index (χ1) is 22.5. The Morgan fingerprint density at radius 3 is 1.91 bits per heavy atom. The molecule has 2 saturated heterocycles. The van der Waals surface area contributed by atoms with E-state index in [1.165, 1.54) is 51.6 Å². The smallest absolute Gasteiger partial charge is 0.459 e. The highest BCUT2D eigenvalue weighted by Crippen LogP contribution is 2.41. The predicted molar refractivity (Wildman–Crippen MR) is 183 cm³/mol. The maximum absolute atomic E-state index is 14.4. The summed E-state index contributed by atoms with van der Waals surface area (Å²) in [5.41, 5.74) is -0.366. The van der Waals surface area contributed by atoms with Crippen LogP contribution in [-0.2, 0) is 29.3 Å². The molecule has 2 heterocycles. The number of hydrogen-bond acceptors (Lipinski definition) is 6. The van der Waals surface area contributed by atoms with Gasteiger partial charge in [0, 0.05) is 25.7 Å². The molecule has 2 fully saturated rings. The van der Waals surface area contributed by atoms with Crippen LogP contribution in [0, 0.1) is 0 Å². The molecule has 0 saturated carbocycles. The normalized spacial score (nSPS) is 20.4. The van der Waals surface area contributed by atoms with E-state index in [-0.39, 0.29) is 6.10 Å². The van der Waals surface area contributed by atoms with Gasteiger partial charge in [0.1, 0.15) is 6.10 Å². The fourth-order valence-electron chi connectivity index (χ4n) is 7.55. The van der Waals surface area contributed by atoms with Crippen LogP contribution in [0.2, 0.25) is 0 Å². The van der Waals surface area contributed by atoms with Gasteiger partial charge in [-0.1, -0.05) is 127 Å². The summed E-state index contributed by atoms with van der Waals surface area (Å²) in [5.74, 6) is -0.489. The molecule has 3 atom stereocenters. The Bertz CT molecular complexity index is 1090. The zero-order valence-electron chi connectivity index (χ0n) is 29.2. The molecule has 1 spiro atoms. The van der Waals surface area contributed by atoms with Crippen molar-refractivity contribution in [1.82, 2.24) is 0 Å². The second kappa shape index (κ2) is 19.7. The van der Waals surface area contributed by atoms with Crippen LogP contribution in [0.4, 0.5) is 4.79 Å². The second-order valence-corrected chi connectivity index (χ2v) is 12.7. The van der Waals surface area contributed by atoms with Crippen LogP contribution >= 0.6 is 0 Å². The van der Waals surface area contributed by atoms with Gasteiger partial charge in [0.25, 0.3) is 0 Å². The van der Waals surface area contributed by atoms with Gasteiger partial charge in [0.15, 0.2) is 6.79 Å². The number of unbranched alkanes of at least 4 members (excludes halogenated alkanes) is 6. The van der Waals surface area contributed by atoms with Crippen molar-refractivity contribution in [3.05, 3.63) is 71.8 Å². The first kappa shape index (κ1) is 37.6. The Labute approximate surface area is 278 Å². The number of esters is 1. The van der Waals surface area contributed by atoms with Crippen molar-refractivity contribution in [2.24, 2.45) is 0 Å². The van der Waals surface area contributed by atoms with E-state index in [2.05, 4.69) is 20.8 Å². The van der Waals surface area contributed by atoms with Crippen molar-refractivity contribution < 1.29 is 33.0 Å². The third kappa shape index (κ3) is 9.57. The van der Waals surface area contributed by atoms with Gasteiger partial charge in [0.05, 0.1) is 31.8 Å². The van der Waals surface area contributed by atoms with Crippen LogP contribution in [0.1, 0.15) is 123 Å². The van der Waals surface area contributed by atoms with Crippen LogP contribution in [-0.4, -0.2) is 61.3 Å². The number of benzene rings is 2. The zero-order chi connectivity index (χ0) is 33.3.